The fourth-order valence-corrected chi connectivity index (χ4v) is 8.01. The Morgan fingerprint density at radius 3 is 2.56 bits per heavy atom. The normalized spacial score (nSPS) is 26.4. The molecule has 2 fully saturated rings. The van der Waals surface area contributed by atoms with Crippen molar-refractivity contribution in [3.8, 4) is 6.07 Å². The minimum absolute atomic E-state index is 0.230. The number of hydrogen-bond donors (Lipinski definition) is 2. The van der Waals surface area contributed by atoms with Crippen LogP contribution in [0.25, 0.3) is 11.4 Å². The van der Waals surface area contributed by atoms with Gasteiger partial charge in [0.1, 0.15) is 22.9 Å². The van der Waals surface area contributed by atoms with Gasteiger partial charge in [-0.05, 0) is 60.5 Å². The lowest BCUT2D eigenvalue weighted by Crippen LogP contribution is -2.44. The van der Waals surface area contributed by atoms with Crippen molar-refractivity contribution in [2.45, 2.75) is 45.7 Å². The third kappa shape index (κ3) is 5.10. The number of fused-ring (bicyclic) bond motifs is 3. The maximum Gasteiger partial charge on any atom is 0.198 e. The largest absolute Gasteiger partial charge is 0.389 e. The van der Waals surface area contributed by atoms with Crippen molar-refractivity contribution in [2.75, 3.05) is 46.1 Å². The summed E-state index contributed by atoms with van der Waals surface area (Å²) in [4.78, 5) is 10.2. The Morgan fingerprint density at radius 1 is 1.32 bits per heavy atom. The van der Waals surface area contributed by atoms with Crippen molar-refractivity contribution < 1.29 is 9.13 Å². The van der Waals surface area contributed by atoms with E-state index in [9.17, 15) is 9.65 Å². The maximum absolute atomic E-state index is 14.9. The molecule has 0 amide bonds. The molecule has 7 nitrogen and oxygen atoms in total. The first-order chi connectivity index (χ1) is 19.7. The van der Waals surface area contributed by atoms with Gasteiger partial charge in [-0.15, -0.1) is 20.6 Å². The first kappa shape index (κ1) is 29.7. The molecule has 3 aliphatic heterocycles. The average Bonchev–Trinajstić information content (AvgIpc) is 3.34. The lowest BCUT2D eigenvalue weighted by Gasteiger charge is -2.34. The number of nitriles is 1. The van der Waals surface area contributed by atoms with Gasteiger partial charge < -0.3 is 25.6 Å². The van der Waals surface area contributed by atoms with E-state index in [0.29, 0.717) is 47.1 Å². The van der Waals surface area contributed by atoms with E-state index in [1.807, 2.05) is 0 Å². The van der Waals surface area contributed by atoms with Gasteiger partial charge in [-0.2, -0.15) is 5.26 Å². The van der Waals surface area contributed by atoms with Gasteiger partial charge in [0, 0.05) is 36.5 Å². The average molecular weight is 595 g/mol. The Morgan fingerprint density at radius 2 is 1.98 bits per heavy atom. The van der Waals surface area contributed by atoms with Crippen molar-refractivity contribution in [1.29, 1.82) is 5.26 Å². The van der Waals surface area contributed by atoms with Crippen LogP contribution >= 0.6 is 20.6 Å². The molecule has 0 aromatic carbocycles. The maximum atomic E-state index is 14.9. The molecule has 4 unspecified atom stereocenters. The molecule has 1 aromatic heterocycles. The van der Waals surface area contributed by atoms with Crippen LogP contribution in [-0.4, -0.2) is 68.2 Å². The SMILES string of the molecule is C=C(C1=C(P)C2N=C(N3CC4C(C3)C4N(C)C)NC=C2C2=C1COC2)c1c(/C(F)=C\C)sc(N)c1C#N.CCCC. The number of allylic oxidation sites excluding steroid dienone is 2. The highest BCUT2D eigenvalue weighted by atomic mass is 32.1. The molecule has 5 aliphatic rings. The number of hydrogen-bond acceptors (Lipinski definition) is 8. The standard InChI is InChI=1S/C27H30FN6OPS.C4H10/c1-5-19(28)25-21(13(6-29)26(30)37-25)12(2)20-18-11-35-10-17(18)14-7-31-27(32-22(14)24(20)36)34-8-15-16(9-34)23(15)33(3)4;1-3-4-2/h5,7,15-16,22-23H,2,8-11,30,36H2,1,3-4H3,(H,31,32);3-4H2,1-2H3/b19-5+;. The third-order valence-corrected chi connectivity index (χ3v) is 10.3. The molecule has 3 N–H and O–H groups in total. The fraction of sp³-hybridized carbons (Fsp3) is 0.484. The van der Waals surface area contributed by atoms with Gasteiger partial charge in [-0.3, -0.25) is 0 Å². The summed E-state index contributed by atoms with van der Waals surface area (Å²) in [6.07, 6.45) is 6.08. The van der Waals surface area contributed by atoms with Gasteiger partial charge in [-0.25, -0.2) is 9.38 Å². The molecule has 2 aliphatic carbocycles. The molecular formula is C31H40FN6OPS. The number of rotatable bonds is 5. The highest BCUT2D eigenvalue weighted by Gasteiger charge is 2.57. The molecule has 1 aromatic rings. The van der Waals surface area contributed by atoms with E-state index < -0.39 is 5.83 Å². The number of thiophene rings is 1. The molecule has 1 saturated carbocycles. The third-order valence-electron chi connectivity index (χ3n) is 8.66. The van der Waals surface area contributed by atoms with Crippen molar-refractivity contribution in [3.05, 3.63) is 62.5 Å². The van der Waals surface area contributed by atoms with E-state index in [1.165, 1.54) is 18.9 Å². The molecular weight excluding hydrogens is 554 g/mol. The van der Waals surface area contributed by atoms with Crippen LogP contribution in [0, 0.1) is 23.2 Å². The summed E-state index contributed by atoms with van der Waals surface area (Å²) in [5.41, 5.74) is 11.5. The van der Waals surface area contributed by atoms with Crippen LogP contribution < -0.4 is 11.1 Å². The fourth-order valence-electron chi connectivity index (χ4n) is 6.40. The van der Waals surface area contributed by atoms with Crippen LogP contribution in [-0.2, 0) is 4.74 Å². The second-order valence-corrected chi connectivity index (χ2v) is 13.0. The second kappa shape index (κ2) is 11.9. The minimum atomic E-state index is -0.417. The first-order valence-electron chi connectivity index (χ1n) is 14.3. The van der Waals surface area contributed by atoms with E-state index in [1.54, 1.807) is 6.92 Å². The number of guanidine groups is 1. The number of piperidine rings is 1. The molecule has 0 radical (unpaired) electrons. The first-order valence-corrected chi connectivity index (χ1v) is 15.7. The Bertz CT molecular complexity index is 1450. The molecule has 218 valence electrons. The van der Waals surface area contributed by atoms with Gasteiger partial charge in [0.25, 0.3) is 0 Å². The van der Waals surface area contributed by atoms with E-state index in [0.717, 1.165) is 58.0 Å². The number of ether oxygens (including phenoxy) is 1. The zero-order valence-electron chi connectivity index (χ0n) is 24.6. The molecule has 41 heavy (non-hydrogen) atoms. The van der Waals surface area contributed by atoms with Crippen LogP contribution in [0.2, 0.25) is 0 Å². The van der Waals surface area contributed by atoms with Gasteiger partial charge in [0.05, 0.1) is 23.7 Å². The van der Waals surface area contributed by atoms with E-state index in [2.05, 4.69) is 71.1 Å². The Labute approximate surface area is 249 Å². The highest BCUT2D eigenvalue weighted by Crippen LogP contribution is 2.51. The van der Waals surface area contributed by atoms with Crippen molar-refractivity contribution >= 4 is 42.9 Å². The number of likely N-dealkylation sites (tertiary alicyclic amines) is 1. The molecule has 0 spiro atoms. The molecule has 4 heterocycles. The topological polar surface area (TPSA) is 89.9 Å². The van der Waals surface area contributed by atoms with E-state index in [4.69, 9.17) is 15.5 Å². The number of nitrogens with zero attached hydrogens (tertiary/aromatic N) is 4. The summed E-state index contributed by atoms with van der Waals surface area (Å²) >= 11 is 1.08. The van der Waals surface area contributed by atoms with Gasteiger partial charge in [0.15, 0.2) is 5.96 Å². The summed E-state index contributed by atoms with van der Waals surface area (Å²) in [5.74, 6) is 1.83. The second-order valence-electron chi connectivity index (χ2n) is 11.3. The minimum Gasteiger partial charge on any atom is -0.389 e. The van der Waals surface area contributed by atoms with Crippen molar-refractivity contribution in [3.63, 3.8) is 0 Å². The number of halogens is 1. The predicted octanol–water partition coefficient (Wildman–Crippen LogP) is 5.52. The predicted molar refractivity (Wildman–Crippen MR) is 171 cm³/mol. The molecule has 6 rings (SSSR count). The Kier molecular flexibility index (Phi) is 8.59. The lowest BCUT2D eigenvalue weighted by atomic mass is 9.80. The van der Waals surface area contributed by atoms with Crippen LogP contribution in [0.15, 0.2) is 51.5 Å². The van der Waals surface area contributed by atoms with Crippen LogP contribution in [0.4, 0.5) is 9.39 Å². The number of aliphatic imine (C=N–C) groups is 1. The number of nitrogens with one attached hydrogen (secondary N) is 1. The number of anilines is 1. The summed E-state index contributed by atoms with van der Waals surface area (Å²) in [6, 6.07) is 2.61. The van der Waals surface area contributed by atoms with E-state index >= 15 is 0 Å². The summed E-state index contributed by atoms with van der Waals surface area (Å²) in [5, 5.41) is 14.6. The summed E-state index contributed by atoms with van der Waals surface area (Å²) < 4.78 is 20.8. The lowest BCUT2D eigenvalue weighted by molar-refractivity contribution is 0.206. The molecule has 4 atom stereocenters. The molecule has 0 bridgehead atoms. The summed E-state index contributed by atoms with van der Waals surface area (Å²) in [6.45, 7) is 13.3. The number of nitrogens with two attached hydrogens (primary N) is 1. The number of unbranched alkanes of at least 4 members (excludes halogenated alkanes) is 1. The summed E-state index contributed by atoms with van der Waals surface area (Å²) in [7, 11) is 7.17. The van der Waals surface area contributed by atoms with Crippen LogP contribution in [0.1, 0.15) is 49.6 Å². The Hall–Kier alpha value is -2.76. The van der Waals surface area contributed by atoms with Gasteiger partial charge >= 0.3 is 0 Å². The van der Waals surface area contributed by atoms with Crippen LogP contribution in [0.5, 0.6) is 0 Å². The molecule has 10 heteroatoms. The Balaban J connectivity index is 0.000000794. The van der Waals surface area contributed by atoms with Gasteiger partial charge in [-0.1, -0.05) is 39.3 Å². The van der Waals surface area contributed by atoms with Crippen molar-refractivity contribution in [1.82, 2.24) is 15.1 Å². The van der Waals surface area contributed by atoms with Crippen molar-refractivity contribution in [2.24, 2.45) is 16.8 Å². The van der Waals surface area contributed by atoms with Gasteiger partial charge in [0.2, 0.25) is 0 Å². The van der Waals surface area contributed by atoms with Crippen LogP contribution in [0.3, 0.4) is 0 Å². The van der Waals surface area contributed by atoms with E-state index in [-0.39, 0.29) is 16.6 Å². The smallest absolute Gasteiger partial charge is 0.198 e. The quantitative estimate of drug-likeness (QED) is 0.436. The zero-order valence-corrected chi connectivity index (χ0v) is 26.5. The zero-order chi connectivity index (χ0) is 29.6. The number of nitrogen functional groups attached to an aromatic ring is 1. The molecule has 1 saturated heterocycles. The monoisotopic (exact) mass is 594 g/mol. The highest BCUT2D eigenvalue weighted by molar-refractivity contribution is 7.23.